The number of carbonyl (C=O) groups excluding carboxylic acids is 1. The zero-order chi connectivity index (χ0) is 15.1. The maximum absolute atomic E-state index is 11.7. The summed E-state index contributed by atoms with van der Waals surface area (Å²) in [6.07, 6.45) is 3.22. The van der Waals surface area contributed by atoms with E-state index in [0.717, 1.165) is 19.3 Å². The molecule has 1 atom stereocenters. The summed E-state index contributed by atoms with van der Waals surface area (Å²) in [6.45, 7) is 6.08. The van der Waals surface area contributed by atoms with Gasteiger partial charge in [0.1, 0.15) is 6.04 Å². The maximum atomic E-state index is 11.7. The van der Waals surface area contributed by atoms with Crippen molar-refractivity contribution in [1.82, 2.24) is 5.32 Å². The summed E-state index contributed by atoms with van der Waals surface area (Å²) in [4.78, 5) is 25.3. The molecule has 0 radical (unpaired) electrons. The number of hydrogen-bond donors (Lipinski definition) is 2. The number of amides is 1. The zero-order valence-corrected chi connectivity index (χ0v) is 13.2. The quantitative estimate of drug-likeness (QED) is 0.775. The highest BCUT2D eigenvalue weighted by Crippen LogP contribution is 2.22. The van der Waals surface area contributed by atoms with Crippen molar-refractivity contribution in [1.29, 1.82) is 0 Å². The first-order chi connectivity index (χ1) is 9.43. The van der Waals surface area contributed by atoms with Crippen molar-refractivity contribution in [2.24, 2.45) is 0 Å². The Bertz CT molecular complexity index is 468. The van der Waals surface area contributed by atoms with Crippen LogP contribution in [0.15, 0.2) is 6.07 Å². The van der Waals surface area contributed by atoms with Crippen LogP contribution in [0.5, 0.6) is 0 Å². The lowest BCUT2D eigenvalue weighted by Crippen LogP contribution is -2.40. The highest BCUT2D eigenvalue weighted by Gasteiger charge is 2.18. The molecule has 1 rings (SSSR count). The van der Waals surface area contributed by atoms with E-state index >= 15 is 0 Å². The molecule has 20 heavy (non-hydrogen) atoms. The number of carboxylic acid groups (broad SMARTS) is 1. The van der Waals surface area contributed by atoms with E-state index in [4.69, 9.17) is 5.11 Å². The molecule has 112 valence electrons. The summed E-state index contributed by atoms with van der Waals surface area (Å²) in [7, 11) is 0. The van der Waals surface area contributed by atoms with Crippen molar-refractivity contribution in [3.05, 3.63) is 21.4 Å². The number of thiophene rings is 1. The molecule has 0 aliphatic heterocycles. The van der Waals surface area contributed by atoms with Gasteiger partial charge in [0.25, 0.3) is 0 Å². The van der Waals surface area contributed by atoms with E-state index in [1.807, 2.05) is 6.92 Å². The Balaban J connectivity index is 2.36. The van der Waals surface area contributed by atoms with Crippen molar-refractivity contribution in [2.75, 3.05) is 0 Å². The van der Waals surface area contributed by atoms with Gasteiger partial charge in [-0.25, -0.2) is 4.79 Å². The van der Waals surface area contributed by atoms with Gasteiger partial charge in [0.05, 0.1) is 0 Å². The molecular formula is C15H23NO3S. The van der Waals surface area contributed by atoms with E-state index in [2.05, 4.69) is 25.2 Å². The van der Waals surface area contributed by atoms with E-state index in [0.29, 0.717) is 12.8 Å². The number of aliphatic carboxylic acids is 1. The van der Waals surface area contributed by atoms with Crippen molar-refractivity contribution >= 4 is 23.2 Å². The van der Waals surface area contributed by atoms with Gasteiger partial charge in [-0.2, -0.15) is 0 Å². The first-order valence-corrected chi connectivity index (χ1v) is 7.83. The molecule has 0 saturated heterocycles. The Morgan fingerprint density at radius 1 is 1.40 bits per heavy atom. The molecule has 1 amide bonds. The molecule has 0 spiro atoms. The van der Waals surface area contributed by atoms with Crippen LogP contribution in [0.25, 0.3) is 0 Å². The standard InChI is InChI=1S/C15H23NO3S/c1-4-6-13(15(18)19)16-14(17)8-5-7-12-9-10(2)20-11(12)3/h9,13H,4-8H2,1-3H3,(H,16,17)(H,18,19). The molecule has 1 aromatic heterocycles. The summed E-state index contributed by atoms with van der Waals surface area (Å²) in [5, 5.41) is 11.6. The maximum Gasteiger partial charge on any atom is 0.326 e. The number of hydrogen-bond acceptors (Lipinski definition) is 3. The van der Waals surface area contributed by atoms with E-state index < -0.39 is 12.0 Å². The van der Waals surface area contributed by atoms with Crippen LogP contribution in [0, 0.1) is 13.8 Å². The molecule has 1 unspecified atom stereocenters. The lowest BCUT2D eigenvalue weighted by Gasteiger charge is -2.13. The fourth-order valence-electron chi connectivity index (χ4n) is 2.18. The molecule has 0 bridgehead atoms. The molecule has 0 aromatic carbocycles. The highest BCUT2D eigenvalue weighted by atomic mass is 32.1. The normalized spacial score (nSPS) is 12.2. The van der Waals surface area contributed by atoms with Crippen LogP contribution in [0.4, 0.5) is 0 Å². The van der Waals surface area contributed by atoms with Crippen LogP contribution in [-0.4, -0.2) is 23.0 Å². The number of nitrogens with one attached hydrogen (secondary N) is 1. The molecule has 0 fully saturated rings. The Kier molecular flexibility index (Phi) is 6.71. The highest BCUT2D eigenvalue weighted by molar-refractivity contribution is 7.12. The van der Waals surface area contributed by atoms with Gasteiger partial charge in [0, 0.05) is 16.2 Å². The lowest BCUT2D eigenvalue weighted by molar-refractivity contribution is -0.142. The third-order valence-electron chi connectivity index (χ3n) is 3.20. The van der Waals surface area contributed by atoms with Gasteiger partial charge in [0.2, 0.25) is 5.91 Å². The minimum absolute atomic E-state index is 0.171. The topological polar surface area (TPSA) is 66.4 Å². The van der Waals surface area contributed by atoms with E-state index in [1.165, 1.54) is 15.3 Å². The average Bonchev–Trinajstić information content (AvgIpc) is 2.67. The minimum atomic E-state index is -0.954. The van der Waals surface area contributed by atoms with Crippen molar-refractivity contribution in [3.8, 4) is 0 Å². The Labute approximate surface area is 124 Å². The molecule has 2 N–H and O–H groups in total. The van der Waals surface area contributed by atoms with Crippen LogP contribution >= 0.6 is 11.3 Å². The SMILES string of the molecule is CCCC(NC(=O)CCCc1cc(C)sc1C)C(=O)O. The molecule has 1 heterocycles. The Morgan fingerprint density at radius 2 is 2.10 bits per heavy atom. The van der Waals surface area contributed by atoms with Crippen LogP contribution < -0.4 is 5.32 Å². The number of rotatable bonds is 8. The smallest absolute Gasteiger partial charge is 0.326 e. The minimum Gasteiger partial charge on any atom is -0.480 e. The number of carboxylic acids is 1. The summed E-state index contributed by atoms with van der Waals surface area (Å²) in [5.74, 6) is -1.13. The average molecular weight is 297 g/mol. The molecule has 5 heteroatoms. The second-order valence-electron chi connectivity index (χ2n) is 5.04. The molecule has 1 aromatic rings. The second-order valence-corrected chi connectivity index (χ2v) is 6.50. The van der Waals surface area contributed by atoms with Gasteiger partial charge in [-0.3, -0.25) is 4.79 Å². The largest absolute Gasteiger partial charge is 0.480 e. The van der Waals surface area contributed by atoms with Crippen LogP contribution in [0.2, 0.25) is 0 Å². The first kappa shape index (κ1) is 16.7. The molecule has 0 saturated carbocycles. The molecule has 0 aliphatic rings. The Hall–Kier alpha value is -1.36. The van der Waals surface area contributed by atoms with E-state index in [1.54, 1.807) is 11.3 Å². The van der Waals surface area contributed by atoms with Gasteiger partial charge in [-0.15, -0.1) is 11.3 Å². The Morgan fingerprint density at radius 3 is 2.60 bits per heavy atom. The fraction of sp³-hybridized carbons (Fsp3) is 0.600. The lowest BCUT2D eigenvalue weighted by atomic mass is 10.1. The van der Waals surface area contributed by atoms with Gasteiger partial charge < -0.3 is 10.4 Å². The van der Waals surface area contributed by atoms with Crippen molar-refractivity contribution in [3.63, 3.8) is 0 Å². The van der Waals surface area contributed by atoms with Gasteiger partial charge in [-0.1, -0.05) is 13.3 Å². The summed E-state index contributed by atoms with van der Waals surface area (Å²) >= 11 is 1.77. The number of aryl methyl sites for hydroxylation is 3. The number of carbonyl (C=O) groups is 2. The van der Waals surface area contributed by atoms with Gasteiger partial charge in [-0.05, 0) is 44.7 Å². The molecule has 4 nitrogen and oxygen atoms in total. The fourth-order valence-corrected chi connectivity index (χ4v) is 3.16. The predicted molar refractivity (Wildman–Crippen MR) is 81.2 cm³/mol. The third kappa shape index (κ3) is 5.33. The molecular weight excluding hydrogens is 274 g/mol. The summed E-state index contributed by atoms with van der Waals surface area (Å²) in [5.41, 5.74) is 1.30. The zero-order valence-electron chi connectivity index (χ0n) is 12.4. The summed E-state index contributed by atoms with van der Waals surface area (Å²) < 4.78 is 0. The third-order valence-corrected chi connectivity index (χ3v) is 4.21. The monoisotopic (exact) mass is 297 g/mol. The van der Waals surface area contributed by atoms with Crippen molar-refractivity contribution in [2.45, 2.75) is 58.9 Å². The first-order valence-electron chi connectivity index (χ1n) is 7.02. The molecule has 0 aliphatic carbocycles. The predicted octanol–water partition coefficient (Wildman–Crippen LogP) is 3.06. The van der Waals surface area contributed by atoms with Gasteiger partial charge >= 0.3 is 5.97 Å². The van der Waals surface area contributed by atoms with Crippen LogP contribution in [0.3, 0.4) is 0 Å². The van der Waals surface area contributed by atoms with Crippen LogP contribution in [0.1, 0.15) is 47.9 Å². The summed E-state index contributed by atoms with van der Waals surface area (Å²) in [6, 6.07) is 1.41. The van der Waals surface area contributed by atoms with Crippen molar-refractivity contribution < 1.29 is 14.7 Å². The van der Waals surface area contributed by atoms with E-state index in [9.17, 15) is 9.59 Å². The van der Waals surface area contributed by atoms with Crippen LogP contribution in [-0.2, 0) is 16.0 Å². The van der Waals surface area contributed by atoms with Gasteiger partial charge in [0.15, 0.2) is 0 Å². The second kappa shape index (κ2) is 8.04. The van der Waals surface area contributed by atoms with E-state index in [-0.39, 0.29) is 5.91 Å².